The van der Waals surface area contributed by atoms with E-state index in [9.17, 15) is 9.90 Å². The van der Waals surface area contributed by atoms with Gasteiger partial charge in [0.2, 0.25) is 5.91 Å². The Kier molecular flexibility index (Phi) is 4.90. The Morgan fingerprint density at radius 3 is 2.86 bits per heavy atom. The first kappa shape index (κ1) is 11.5. The predicted molar refractivity (Wildman–Crippen MR) is 54.9 cm³/mol. The van der Waals surface area contributed by atoms with Crippen LogP contribution in [0.3, 0.4) is 0 Å². The number of carbonyl (C=O) groups is 1. The molecule has 0 aromatic rings. The van der Waals surface area contributed by atoms with Crippen molar-refractivity contribution in [3.8, 4) is 0 Å². The van der Waals surface area contributed by atoms with Gasteiger partial charge in [0.05, 0.1) is 6.10 Å². The molecule has 14 heavy (non-hydrogen) atoms. The van der Waals surface area contributed by atoms with Crippen molar-refractivity contribution in [3.05, 3.63) is 0 Å². The molecule has 1 saturated carbocycles. The van der Waals surface area contributed by atoms with Crippen LogP contribution in [0.1, 0.15) is 32.6 Å². The topological polar surface area (TPSA) is 61.4 Å². The Morgan fingerprint density at radius 1 is 1.50 bits per heavy atom. The van der Waals surface area contributed by atoms with E-state index in [1.165, 1.54) is 0 Å². The second-order valence-corrected chi connectivity index (χ2v) is 3.76. The third kappa shape index (κ3) is 3.64. The summed E-state index contributed by atoms with van der Waals surface area (Å²) >= 11 is 0. The molecule has 1 aliphatic carbocycles. The molecule has 1 aliphatic rings. The lowest BCUT2D eigenvalue weighted by molar-refractivity contribution is -0.120. The van der Waals surface area contributed by atoms with Crippen LogP contribution in [-0.4, -0.2) is 36.2 Å². The molecule has 1 amide bonds. The van der Waals surface area contributed by atoms with Gasteiger partial charge in [-0.05, 0) is 26.2 Å². The van der Waals surface area contributed by atoms with Crippen LogP contribution >= 0.6 is 0 Å². The van der Waals surface area contributed by atoms with Crippen molar-refractivity contribution in [3.63, 3.8) is 0 Å². The van der Waals surface area contributed by atoms with Gasteiger partial charge < -0.3 is 15.7 Å². The fraction of sp³-hybridized carbons (Fsp3) is 0.900. The molecule has 1 fully saturated rings. The third-order valence-electron chi connectivity index (χ3n) is 2.61. The van der Waals surface area contributed by atoms with Crippen LogP contribution in [0.5, 0.6) is 0 Å². The molecule has 1 rings (SSSR count). The van der Waals surface area contributed by atoms with Crippen LogP contribution in [0.4, 0.5) is 0 Å². The summed E-state index contributed by atoms with van der Waals surface area (Å²) in [5.41, 5.74) is 0. The van der Waals surface area contributed by atoms with Crippen molar-refractivity contribution in [2.24, 2.45) is 0 Å². The normalized spacial score (nSPS) is 26.4. The average molecular weight is 200 g/mol. The predicted octanol–water partition coefficient (Wildman–Crippen LogP) is 0.0156. The van der Waals surface area contributed by atoms with E-state index < -0.39 is 0 Å². The minimum Gasteiger partial charge on any atom is -0.392 e. The fourth-order valence-electron chi connectivity index (χ4n) is 1.84. The summed E-state index contributed by atoms with van der Waals surface area (Å²) in [6.45, 7) is 3.25. The summed E-state index contributed by atoms with van der Waals surface area (Å²) in [5.74, 6) is 0.0764. The van der Waals surface area contributed by atoms with E-state index in [1.807, 2.05) is 6.92 Å². The van der Waals surface area contributed by atoms with Gasteiger partial charge in [-0.1, -0.05) is 0 Å². The van der Waals surface area contributed by atoms with Crippen LogP contribution in [0.2, 0.25) is 0 Å². The molecule has 0 bridgehead atoms. The highest BCUT2D eigenvalue weighted by Crippen LogP contribution is 2.18. The number of hydrogen-bond donors (Lipinski definition) is 3. The molecule has 82 valence electrons. The Labute approximate surface area is 85.1 Å². The number of aliphatic hydroxyl groups excluding tert-OH is 1. The molecule has 0 spiro atoms. The number of hydrogen-bond acceptors (Lipinski definition) is 3. The maximum atomic E-state index is 11.1. The monoisotopic (exact) mass is 200 g/mol. The highest BCUT2D eigenvalue weighted by molar-refractivity contribution is 5.75. The van der Waals surface area contributed by atoms with Crippen LogP contribution in [0.25, 0.3) is 0 Å². The van der Waals surface area contributed by atoms with Crippen molar-refractivity contribution in [1.82, 2.24) is 10.6 Å². The maximum absolute atomic E-state index is 11.1. The molecule has 0 radical (unpaired) electrons. The van der Waals surface area contributed by atoms with E-state index in [0.29, 0.717) is 19.5 Å². The van der Waals surface area contributed by atoms with E-state index in [-0.39, 0.29) is 18.1 Å². The fourth-order valence-corrected chi connectivity index (χ4v) is 1.84. The number of aliphatic hydroxyl groups is 1. The largest absolute Gasteiger partial charge is 0.392 e. The lowest BCUT2D eigenvalue weighted by Crippen LogP contribution is -2.38. The molecule has 0 aromatic heterocycles. The Bertz CT molecular complexity index is 185. The summed E-state index contributed by atoms with van der Waals surface area (Å²) in [6, 6.07) is 0.199. The molecular weight excluding hydrogens is 180 g/mol. The SMILES string of the molecule is CCNC(=O)CCN[C@H]1CCC[C@@H]1O. The van der Waals surface area contributed by atoms with Gasteiger partial charge >= 0.3 is 0 Å². The summed E-state index contributed by atoms with van der Waals surface area (Å²) in [4.78, 5) is 11.1. The number of amides is 1. The van der Waals surface area contributed by atoms with Crippen molar-refractivity contribution in [2.45, 2.75) is 44.8 Å². The maximum Gasteiger partial charge on any atom is 0.221 e. The third-order valence-corrected chi connectivity index (χ3v) is 2.61. The molecule has 4 nitrogen and oxygen atoms in total. The van der Waals surface area contributed by atoms with Gasteiger partial charge in [0, 0.05) is 25.6 Å². The molecule has 0 aliphatic heterocycles. The first-order valence-corrected chi connectivity index (χ1v) is 5.42. The van der Waals surface area contributed by atoms with Gasteiger partial charge in [-0.15, -0.1) is 0 Å². The van der Waals surface area contributed by atoms with Gasteiger partial charge in [0.1, 0.15) is 0 Å². The summed E-state index contributed by atoms with van der Waals surface area (Å²) in [7, 11) is 0. The van der Waals surface area contributed by atoms with E-state index >= 15 is 0 Å². The smallest absolute Gasteiger partial charge is 0.221 e. The van der Waals surface area contributed by atoms with Crippen LogP contribution < -0.4 is 10.6 Å². The van der Waals surface area contributed by atoms with E-state index in [2.05, 4.69) is 10.6 Å². The quantitative estimate of drug-likeness (QED) is 0.586. The van der Waals surface area contributed by atoms with Gasteiger partial charge in [-0.2, -0.15) is 0 Å². The number of rotatable bonds is 5. The molecular formula is C10H20N2O2. The summed E-state index contributed by atoms with van der Waals surface area (Å²) < 4.78 is 0. The van der Waals surface area contributed by atoms with E-state index in [4.69, 9.17) is 0 Å². The van der Waals surface area contributed by atoms with Gasteiger partial charge in [-0.25, -0.2) is 0 Å². The van der Waals surface area contributed by atoms with Gasteiger partial charge in [-0.3, -0.25) is 4.79 Å². The van der Waals surface area contributed by atoms with Crippen molar-refractivity contribution in [2.75, 3.05) is 13.1 Å². The number of carbonyl (C=O) groups excluding carboxylic acids is 1. The number of nitrogens with one attached hydrogen (secondary N) is 2. The minimum absolute atomic E-state index is 0.0764. The standard InChI is InChI=1S/C10H20N2O2/c1-2-11-10(14)6-7-12-8-4-3-5-9(8)13/h8-9,12-13H,2-7H2,1H3,(H,11,14)/t8-,9-/m0/s1. The second kappa shape index (κ2) is 5.98. The zero-order valence-electron chi connectivity index (χ0n) is 8.75. The van der Waals surface area contributed by atoms with Crippen molar-refractivity contribution in [1.29, 1.82) is 0 Å². The van der Waals surface area contributed by atoms with E-state index in [1.54, 1.807) is 0 Å². The molecule has 0 heterocycles. The minimum atomic E-state index is -0.218. The van der Waals surface area contributed by atoms with Crippen LogP contribution in [0, 0.1) is 0 Å². The summed E-state index contributed by atoms with van der Waals surface area (Å²) in [6.07, 6.45) is 3.27. The Balaban J connectivity index is 2.06. The zero-order valence-corrected chi connectivity index (χ0v) is 8.75. The molecule has 2 atom stereocenters. The van der Waals surface area contributed by atoms with E-state index in [0.717, 1.165) is 19.3 Å². The van der Waals surface area contributed by atoms with Crippen LogP contribution in [-0.2, 0) is 4.79 Å². The molecule has 3 N–H and O–H groups in total. The molecule has 0 aromatic carbocycles. The molecule has 0 unspecified atom stereocenters. The van der Waals surface area contributed by atoms with Crippen molar-refractivity contribution >= 4 is 5.91 Å². The molecule has 0 saturated heterocycles. The van der Waals surface area contributed by atoms with Crippen molar-refractivity contribution < 1.29 is 9.90 Å². The first-order chi connectivity index (χ1) is 6.74. The Hall–Kier alpha value is -0.610. The second-order valence-electron chi connectivity index (χ2n) is 3.76. The first-order valence-electron chi connectivity index (χ1n) is 5.42. The molecule has 4 heteroatoms. The zero-order chi connectivity index (χ0) is 10.4. The average Bonchev–Trinajstić information content (AvgIpc) is 2.52. The lowest BCUT2D eigenvalue weighted by atomic mass is 10.2. The highest BCUT2D eigenvalue weighted by atomic mass is 16.3. The Morgan fingerprint density at radius 2 is 2.29 bits per heavy atom. The van der Waals surface area contributed by atoms with Gasteiger partial charge in [0.25, 0.3) is 0 Å². The van der Waals surface area contributed by atoms with Gasteiger partial charge in [0.15, 0.2) is 0 Å². The summed E-state index contributed by atoms with van der Waals surface area (Å²) in [5, 5.41) is 15.4. The van der Waals surface area contributed by atoms with Crippen LogP contribution in [0.15, 0.2) is 0 Å². The highest BCUT2D eigenvalue weighted by Gasteiger charge is 2.24. The lowest BCUT2D eigenvalue weighted by Gasteiger charge is -2.15.